The maximum absolute atomic E-state index is 5.96. The van der Waals surface area contributed by atoms with Gasteiger partial charge in [-0.1, -0.05) is 6.07 Å². The Morgan fingerprint density at radius 1 is 1.16 bits per heavy atom. The minimum Gasteiger partial charge on any atom is -0.375 e. The number of hydrogen-bond donors (Lipinski definition) is 0. The minimum absolute atomic E-state index is 0.420. The van der Waals surface area contributed by atoms with Crippen molar-refractivity contribution < 1.29 is 4.74 Å². The number of fused-ring (bicyclic) bond motifs is 1. The first-order chi connectivity index (χ1) is 12.4. The number of ether oxygens (including phenoxy) is 1. The van der Waals surface area contributed by atoms with Crippen LogP contribution in [0.3, 0.4) is 0 Å². The number of pyridine rings is 1. The van der Waals surface area contributed by atoms with Crippen LogP contribution in [0.2, 0.25) is 0 Å². The van der Waals surface area contributed by atoms with E-state index in [1.165, 1.54) is 11.3 Å². The molecule has 0 unspecified atom stereocenters. The third-order valence-electron chi connectivity index (χ3n) is 4.45. The Bertz CT molecular complexity index is 772. The first kappa shape index (κ1) is 16.4. The van der Waals surface area contributed by atoms with Gasteiger partial charge in [-0.25, -0.2) is 0 Å². The zero-order valence-electron chi connectivity index (χ0n) is 14.1. The van der Waals surface area contributed by atoms with Gasteiger partial charge in [0.05, 0.1) is 24.6 Å². The van der Waals surface area contributed by atoms with Crippen molar-refractivity contribution in [3.63, 3.8) is 0 Å². The van der Waals surface area contributed by atoms with Crippen molar-refractivity contribution in [1.82, 2.24) is 19.7 Å². The predicted octanol–water partition coefficient (Wildman–Crippen LogP) is 3.19. The van der Waals surface area contributed by atoms with E-state index in [2.05, 4.69) is 42.6 Å². The second-order valence-electron chi connectivity index (χ2n) is 6.51. The molecule has 3 aromatic rings. The van der Waals surface area contributed by atoms with Gasteiger partial charge in [0.15, 0.2) is 0 Å². The molecule has 0 N–H and O–H groups in total. The third kappa shape index (κ3) is 4.34. The van der Waals surface area contributed by atoms with Crippen LogP contribution in [0.15, 0.2) is 53.5 Å². The number of rotatable bonds is 6. The number of hydrogen-bond acceptors (Lipinski definition) is 5. The van der Waals surface area contributed by atoms with Gasteiger partial charge in [-0.15, -0.1) is 0 Å². The maximum Gasteiger partial charge on any atom is 0.0887 e. The molecule has 0 saturated carbocycles. The van der Waals surface area contributed by atoms with Gasteiger partial charge in [0.25, 0.3) is 0 Å². The summed E-state index contributed by atoms with van der Waals surface area (Å²) in [6, 6.07) is 10.3. The van der Waals surface area contributed by atoms with Gasteiger partial charge in [0.1, 0.15) is 0 Å². The van der Waals surface area contributed by atoms with E-state index in [1.54, 1.807) is 11.3 Å². The molecule has 1 aliphatic heterocycles. The normalized spacial score (nSPS) is 18.0. The molecule has 4 heterocycles. The van der Waals surface area contributed by atoms with Gasteiger partial charge in [-0.3, -0.25) is 14.6 Å². The quantitative estimate of drug-likeness (QED) is 0.682. The molecular formula is C19H22N4OS. The molecule has 130 valence electrons. The second-order valence-corrected chi connectivity index (χ2v) is 7.29. The Morgan fingerprint density at radius 2 is 2.16 bits per heavy atom. The first-order valence-electron chi connectivity index (χ1n) is 8.58. The molecule has 25 heavy (non-hydrogen) atoms. The molecule has 1 aliphatic rings. The molecule has 4 rings (SSSR count). The summed E-state index contributed by atoms with van der Waals surface area (Å²) in [6.07, 6.45) is 3.71. The topological polar surface area (TPSA) is 43.2 Å². The van der Waals surface area contributed by atoms with Crippen molar-refractivity contribution in [1.29, 1.82) is 0 Å². The Kier molecular flexibility index (Phi) is 5.20. The van der Waals surface area contributed by atoms with E-state index in [1.807, 2.05) is 30.6 Å². The van der Waals surface area contributed by atoms with E-state index in [9.17, 15) is 0 Å². The summed E-state index contributed by atoms with van der Waals surface area (Å²) in [5, 5.41) is 8.86. The van der Waals surface area contributed by atoms with E-state index in [-0.39, 0.29) is 0 Å². The lowest BCUT2D eigenvalue weighted by Gasteiger charge is -2.23. The van der Waals surface area contributed by atoms with E-state index in [0.29, 0.717) is 12.5 Å². The molecule has 0 aromatic carbocycles. The molecule has 5 nitrogen and oxygen atoms in total. The summed E-state index contributed by atoms with van der Waals surface area (Å²) in [4.78, 5) is 6.82. The molecule has 0 spiro atoms. The van der Waals surface area contributed by atoms with E-state index >= 15 is 0 Å². The molecular weight excluding hydrogens is 332 g/mol. The average molecular weight is 354 g/mol. The van der Waals surface area contributed by atoms with E-state index < -0.39 is 0 Å². The van der Waals surface area contributed by atoms with Crippen molar-refractivity contribution in [2.75, 3.05) is 13.2 Å². The van der Waals surface area contributed by atoms with Crippen LogP contribution in [0.5, 0.6) is 0 Å². The number of thiophene rings is 1. The van der Waals surface area contributed by atoms with E-state index in [0.717, 1.165) is 38.5 Å². The van der Waals surface area contributed by atoms with Gasteiger partial charge in [-0.2, -0.15) is 16.4 Å². The van der Waals surface area contributed by atoms with Crippen molar-refractivity contribution >= 4 is 11.3 Å². The minimum atomic E-state index is 0.420. The zero-order chi connectivity index (χ0) is 16.9. The Hall–Kier alpha value is -2.02. The monoisotopic (exact) mass is 354 g/mol. The van der Waals surface area contributed by atoms with Crippen LogP contribution >= 0.6 is 11.3 Å². The molecule has 0 radical (unpaired) electrons. The molecule has 1 atom stereocenters. The van der Waals surface area contributed by atoms with Gasteiger partial charge in [0.2, 0.25) is 0 Å². The van der Waals surface area contributed by atoms with Crippen molar-refractivity contribution in [3.8, 4) is 0 Å². The van der Waals surface area contributed by atoms with Gasteiger partial charge in [-0.05, 0) is 40.6 Å². The summed E-state index contributed by atoms with van der Waals surface area (Å²) in [6.45, 7) is 5.12. The van der Waals surface area contributed by atoms with Crippen LogP contribution in [0, 0.1) is 5.92 Å². The van der Waals surface area contributed by atoms with Gasteiger partial charge < -0.3 is 4.74 Å². The maximum atomic E-state index is 5.96. The highest BCUT2D eigenvalue weighted by Gasteiger charge is 2.22. The lowest BCUT2D eigenvalue weighted by atomic mass is 10.1. The largest absolute Gasteiger partial charge is 0.375 e. The smallest absolute Gasteiger partial charge is 0.0887 e. The molecule has 0 amide bonds. The molecule has 3 aromatic heterocycles. The lowest BCUT2D eigenvalue weighted by Crippen LogP contribution is -2.30. The van der Waals surface area contributed by atoms with Crippen LogP contribution in [-0.2, 0) is 31.0 Å². The second kappa shape index (κ2) is 7.91. The van der Waals surface area contributed by atoms with Crippen LogP contribution in [0.25, 0.3) is 0 Å². The fourth-order valence-corrected chi connectivity index (χ4v) is 3.96. The summed E-state index contributed by atoms with van der Waals surface area (Å²) in [7, 11) is 0. The molecule has 0 saturated heterocycles. The highest BCUT2D eigenvalue weighted by Crippen LogP contribution is 2.19. The van der Waals surface area contributed by atoms with Crippen LogP contribution in [0.4, 0.5) is 0 Å². The van der Waals surface area contributed by atoms with Crippen molar-refractivity contribution in [3.05, 3.63) is 70.4 Å². The fourth-order valence-electron chi connectivity index (χ4n) is 3.30. The summed E-state index contributed by atoms with van der Waals surface area (Å²) in [5.74, 6) is 0.420. The first-order valence-corrected chi connectivity index (χ1v) is 9.53. The molecule has 0 aliphatic carbocycles. The Labute approximate surface area is 151 Å². The number of nitrogens with zero attached hydrogens (tertiary/aromatic N) is 4. The lowest BCUT2D eigenvalue weighted by molar-refractivity contribution is 0.0640. The van der Waals surface area contributed by atoms with Gasteiger partial charge in [0, 0.05) is 44.5 Å². The SMILES string of the molecule is c1ccc(COC[C@H]2CN(Cc3ccsc3)Cc3ccnn3C2)nc1. The summed E-state index contributed by atoms with van der Waals surface area (Å²) < 4.78 is 8.09. The average Bonchev–Trinajstić information content (AvgIpc) is 3.25. The molecule has 0 fully saturated rings. The zero-order valence-corrected chi connectivity index (χ0v) is 14.9. The summed E-state index contributed by atoms with van der Waals surface area (Å²) in [5.41, 5.74) is 3.64. The third-order valence-corrected chi connectivity index (χ3v) is 5.19. The van der Waals surface area contributed by atoms with Crippen LogP contribution < -0.4 is 0 Å². The molecule has 0 bridgehead atoms. The molecule has 6 heteroatoms. The fraction of sp³-hybridized carbons (Fsp3) is 0.368. The van der Waals surface area contributed by atoms with Crippen LogP contribution in [0.1, 0.15) is 17.0 Å². The Balaban J connectivity index is 1.40. The van der Waals surface area contributed by atoms with Crippen molar-refractivity contribution in [2.45, 2.75) is 26.2 Å². The summed E-state index contributed by atoms with van der Waals surface area (Å²) >= 11 is 1.76. The van der Waals surface area contributed by atoms with E-state index in [4.69, 9.17) is 4.74 Å². The highest BCUT2D eigenvalue weighted by molar-refractivity contribution is 7.07. The predicted molar refractivity (Wildman–Crippen MR) is 98.0 cm³/mol. The Morgan fingerprint density at radius 3 is 3.00 bits per heavy atom. The standard InChI is InChI=1S/C19H22N4OS/c1-2-6-20-18(3-1)14-24-13-17-10-22(9-16-5-8-25-15-16)12-19-4-7-21-23(19)11-17/h1-8,15,17H,9-14H2/t17-/m0/s1. The van der Waals surface area contributed by atoms with Gasteiger partial charge >= 0.3 is 0 Å². The van der Waals surface area contributed by atoms with Crippen LogP contribution in [-0.4, -0.2) is 32.8 Å². The number of aromatic nitrogens is 3. The highest BCUT2D eigenvalue weighted by atomic mass is 32.1. The van der Waals surface area contributed by atoms with Crippen molar-refractivity contribution in [2.24, 2.45) is 5.92 Å².